The smallest absolute Gasteiger partial charge is 0.255 e. The van der Waals surface area contributed by atoms with E-state index in [0.717, 1.165) is 22.3 Å². The number of ketones is 1. The van der Waals surface area contributed by atoms with Crippen LogP contribution < -0.4 is 0 Å². The zero-order chi connectivity index (χ0) is 14.4. The molecular formula is C16H21NO2. The second kappa shape index (κ2) is 4.48. The van der Waals surface area contributed by atoms with Crippen LogP contribution in [0, 0.1) is 20.8 Å². The third-order valence-corrected chi connectivity index (χ3v) is 4.06. The predicted octanol–water partition coefficient (Wildman–Crippen LogP) is 2.81. The average molecular weight is 259 g/mol. The Balaban J connectivity index is 2.44. The van der Waals surface area contributed by atoms with Crippen LogP contribution in [0.2, 0.25) is 0 Å². The van der Waals surface area contributed by atoms with Gasteiger partial charge in [-0.2, -0.15) is 0 Å². The van der Waals surface area contributed by atoms with Crippen LogP contribution in [0.1, 0.15) is 47.3 Å². The van der Waals surface area contributed by atoms with E-state index in [-0.39, 0.29) is 11.7 Å². The first-order valence-corrected chi connectivity index (χ1v) is 6.68. The van der Waals surface area contributed by atoms with E-state index in [1.807, 2.05) is 46.8 Å². The highest BCUT2D eigenvalue weighted by Gasteiger charge is 2.43. The molecule has 102 valence electrons. The van der Waals surface area contributed by atoms with E-state index < -0.39 is 5.54 Å². The molecule has 19 heavy (non-hydrogen) atoms. The number of carbonyl (C=O) groups excluding carboxylic acids is 2. The molecule has 3 nitrogen and oxygen atoms in total. The number of likely N-dealkylation sites (tertiary alicyclic amines) is 1. The van der Waals surface area contributed by atoms with Gasteiger partial charge in [0.1, 0.15) is 0 Å². The van der Waals surface area contributed by atoms with Gasteiger partial charge in [-0.3, -0.25) is 9.59 Å². The van der Waals surface area contributed by atoms with Crippen LogP contribution in [-0.4, -0.2) is 28.7 Å². The third-order valence-electron chi connectivity index (χ3n) is 4.06. The minimum atomic E-state index is -0.680. The number of Topliss-reactive ketones (excluding diaryl/α,β-unsaturated/α-hetero) is 1. The zero-order valence-electron chi connectivity index (χ0n) is 12.3. The maximum absolute atomic E-state index is 12.7. The molecule has 1 aromatic carbocycles. The second-order valence-electron chi connectivity index (χ2n) is 5.96. The molecule has 0 aliphatic carbocycles. The van der Waals surface area contributed by atoms with Crippen LogP contribution in [0.4, 0.5) is 0 Å². The Morgan fingerprint density at radius 3 is 2.11 bits per heavy atom. The largest absolute Gasteiger partial charge is 0.326 e. The number of benzene rings is 1. The van der Waals surface area contributed by atoms with Gasteiger partial charge in [0, 0.05) is 18.5 Å². The summed E-state index contributed by atoms with van der Waals surface area (Å²) in [5.41, 5.74) is 3.19. The van der Waals surface area contributed by atoms with Crippen molar-refractivity contribution in [3.63, 3.8) is 0 Å². The number of rotatable bonds is 1. The van der Waals surface area contributed by atoms with Gasteiger partial charge in [-0.05, 0) is 45.7 Å². The highest BCUT2D eigenvalue weighted by Crippen LogP contribution is 2.29. The van der Waals surface area contributed by atoms with Crippen molar-refractivity contribution in [3.05, 3.63) is 34.4 Å². The Hall–Kier alpha value is -1.64. The molecule has 0 unspecified atom stereocenters. The van der Waals surface area contributed by atoms with Gasteiger partial charge in [-0.1, -0.05) is 17.7 Å². The standard InChI is InChI=1S/C16H21NO2/c1-10-8-11(2)14(12(3)9-10)15(19)17-7-6-13(18)16(17,4)5/h8-9H,6-7H2,1-5H3. The molecule has 1 heterocycles. The van der Waals surface area contributed by atoms with Crippen LogP contribution in [0.15, 0.2) is 12.1 Å². The SMILES string of the molecule is Cc1cc(C)c(C(=O)N2CCC(=O)C2(C)C)c(C)c1. The van der Waals surface area contributed by atoms with Crippen LogP contribution in [0.3, 0.4) is 0 Å². The van der Waals surface area contributed by atoms with Crippen molar-refractivity contribution < 1.29 is 9.59 Å². The van der Waals surface area contributed by atoms with Crippen molar-refractivity contribution in [3.8, 4) is 0 Å². The molecule has 0 radical (unpaired) electrons. The van der Waals surface area contributed by atoms with E-state index in [0.29, 0.717) is 13.0 Å². The molecule has 1 aliphatic heterocycles. The van der Waals surface area contributed by atoms with E-state index in [9.17, 15) is 9.59 Å². The Bertz CT molecular complexity index is 535. The summed E-state index contributed by atoms with van der Waals surface area (Å²) in [6, 6.07) is 4.04. The minimum absolute atomic E-state index is 0.0224. The molecule has 1 aromatic rings. The van der Waals surface area contributed by atoms with Gasteiger partial charge in [0.05, 0.1) is 5.54 Å². The molecule has 0 aromatic heterocycles. The van der Waals surface area contributed by atoms with Gasteiger partial charge in [0.15, 0.2) is 5.78 Å². The Kier molecular flexibility index (Phi) is 3.25. The van der Waals surface area contributed by atoms with Crippen molar-refractivity contribution in [2.75, 3.05) is 6.54 Å². The van der Waals surface area contributed by atoms with Crippen LogP contribution >= 0.6 is 0 Å². The van der Waals surface area contributed by atoms with Gasteiger partial charge < -0.3 is 4.90 Å². The molecule has 0 bridgehead atoms. The minimum Gasteiger partial charge on any atom is -0.326 e. The Labute approximate surface area is 114 Å². The number of hydrogen-bond acceptors (Lipinski definition) is 2. The summed E-state index contributed by atoms with van der Waals surface area (Å²) in [5.74, 6) is 0.120. The summed E-state index contributed by atoms with van der Waals surface area (Å²) >= 11 is 0. The van der Waals surface area contributed by atoms with Crippen LogP contribution in [0.5, 0.6) is 0 Å². The van der Waals surface area contributed by atoms with E-state index in [1.165, 1.54) is 0 Å². The molecule has 0 atom stereocenters. The van der Waals surface area contributed by atoms with E-state index in [2.05, 4.69) is 0 Å². The summed E-state index contributed by atoms with van der Waals surface area (Å²) < 4.78 is 0. The monoisotopic (exact) mass is 259 g/mol. The fourth-order valence-corrected chi connectivity index (χ4v) is 2.96. The lowest BCUT2D eigenvalue weighted by atomic mass is 9.96. The summed E-state index contributed by atoms with van der Waals surface area (Å²) in [6.45, 7) is 10.1. The molecule has 1 saturated heterocycles. The second-order valence-corrected chi connectivity index (χ2v) is 5.96. The number of carbonyl (C=O) groups is 2. The van der Waals surface area contributed by atoms with E-state index in [1.54, 1.807) is 4.90 Å². The Morgan fingerprint density at radius 2 is 1.68 bits per heavy atom. The maximum Gasteiger partial charge on any atom is 0.255 e. The maximum atomic E-state index is 12.7. The molecule has 1 amide bonds. The fourth-order valence-electron chi connectivity index (χ4n) is 2.96. The molecule has 0 spiro atoms. The quantitative estimate of drug-likeness (QED) is 0.777. The summed E-state index contributed by atoms with van der Waals surface area (Å²) in [5, 5.41) is 0. The lowest BCUT2D eigenvalue weighted by Gasteiger charge is -2.31. The van der Waals surface area contributed by atoms with Crippen LogP contribution in [-0.2, 0) is 4.79 Å². The zero-order valence-corrected chi connectivity index (χ0v) is 12.3. The summed E-state index contributed by atoms with van der Waals surface area (Å²) in [7, 11) is 0. The Morgan fingerprint density at radius 1 is 1.16 bits per heavy atom. The first-order valence-electron chi connectivity index (χ1n) is 6.68. The molecule has 0 N–H and O–H groups in total. The topological polar surface area (TPSA) is 37.4 Å². The van der Waals surface area contributed by atoms with Gasteiger partial charge in [-0.25, -0.2) is 0 Å². The predicted molar refractivity (Wildman–Crippen MR) is 75.4 cm³/mol. The number of nitrogens with zero attached hydrogens (tertiary/aromatic N) is 1. The van der Waals surface area contributed by atoms with E-state index >= 15 is 0 Å². The number of amides is 1. The summed E-state index contributed by atoms with van der Waals surface area (Å²) in [4.78, 5) is 26.3. The lowest BCUT2D eigenvalue weighted by Crippen LogP contribution is -2.46. The lowest BCUT2D eigenvalue weighted by molar-refractivity contribution is -0.123. The van der Waals surface area contributed by atoms with Crippen molar-refractivity contribution in [2.45, 2.75) is 46.6 Å². The van der Waals surface area contributed by atoms with Crippen LogP contribution in [0.25, 0.3) is 0 Å². The molecular weight excluding hydrogens is 238 g/mol. The first kappa shape index (κ1) is 13.8. The van der Waals surface area contributed by atoms with E-state index in [4.69, 9.17) is 0 Å². The van der Waals surface area contributed by atoms with Crippen molar-refractivity contribution >= 4 is 11.7 Å². The third kappa shape index (κ3) is 2.18. The fraction of sp³-hybridized carbons (Fsp3) is 0.500. The number of hydrogen-bond donors (Lipinski definition) is 0. The molecule has 1 aliphatic rings. The highest BCUT2D eigenvalue weighted by molar-refractivity contribution is 6.03. The molecule has 1 fully saturated rings. The van der Waals surface area contributed by atoms with Crippen molar-refractivity contribution in [2.24, 2.45) is 0 Å². The normalized spacial score (nSPS) is 17.9. The summed E-state index contributed by atoms with van der Waals surface area (Å²) in [6.07, 6.45) is 0.461. The van der Waals surface area contributed by atoms with Gasteiger partial charge in [0.2, 0.25) is 0 Å². The van der Waals surface area contributed by atoms with Gasteiger partial charge >= 0.3 is 0 Å². The number of aryl methyl sites for hydroxylation is 3. The average Bonchev–Trinajstić information content (AvgIpc) is 2.52. The molecule has 0 saturated carbocycles. The van der Waals surface area contributed by atoms with Gasteiger partial charge in [0.25, 0.3) is 5.91 Å². The van der Waals surface area contributed by atoms with Gasteiger partial charge in [-0.15, -0.1) is 0 Å². The first-order chi connectivity index (χ1) is 8.75. The van der Waals surface area contributed by atoms with Crippen molar-refractivity contribution in [1.29, 1.82) is 0 Å². The highest BCUT2D eigenvalue weighted by atomic mass is 16.2. The molecule has 3 heteroatoms. The molecule has 2 rings (SSSR count). The van der Waals surface area contributed by atoms with Crippen molar-refractivity contribution in [1.82, 2.24) is 4.90 Å².